The fourth-order valence-corrected chi connectivity index (χ4v) is 5.17. The van der Waals surface area contributed by atoms with Gasteiger partial charge in [0.1, 0.15) is 0 Å². The van der Waals surface area contributed by atoms with Gasteiger partial charge in [-0.25, -0.2) is 0 Å². The van der Waals surface area contributed by atoms with Crippen LogP contribution in [0.3, 0.4) is 0 Å². The Labute approximate surface area is 175 Å². The number of nitrogens with zero attached hydrogens (tertiary/aromatic N) is 2. The van der Waals surface area contributed by atoms with Crippen LogP contribution in [0.25, 0.3) is 0 Å². The van der Waals surface area contributed by atoms with Crippen molar-refractivity contribution in [3.8, 4) is 0 Å². The normalized spacial score (nSPS) is 18.2. The van der Waals surface area contributed by atoms with Crippen LogP contribution in [0.5, 0.6) is 0 Å². The third-order valence-electron chi connectivity index (χ3n) is 7.21. The number of rotatable bonds is 6. The van der Waals surface area contributed by atoms with Crippen molar-refractivity contribution in [2.24, 2.45) is 0 Å². The third-order valence-corrected chi connectivity index (χ3v) is 7.21. The molecule has 2 heterocycles. The lowest BCUT2D eigenvalue weighted by Crippen LogP contribution is -2.45. The Bertz CT molecular complexity index is 880. The SMILES string of the molecule is CCN1CC2(CCN(CCCC(=O)c3ccc(C)c(C)c3)CC2)c2ccccc21. The molecule has 1 saturated heterocycles. The standard InChI is InChI=1S/C26H34N2O/c1-4-28-19-26(23-8-5-6-9-24(23)28)13-16-27(17-14-26)15-7-10-25(29)22-12-11-20(2)21(3)18-22/h5-6,8-9,11-12,18H,4,7,10,13-17,19H2,1-3H3. The number of carbonyl (C=O) groups is 1. The van der Waals surface area contributed by atoms with Gasteiger partial charge < -0.3 is 9.80 Å². The van der Waals surface area contributed by atoms with Crippen molar-refractivity contribution < 1.29 is 4.79 Å². The summed E-state index contributed by atoms with van der Waals surface area (Å²) in [6.45, 7) is 12.0. The molecule has 2 aliphatic rings. The zero-order chi connectivity index (χ0) is 20.4. The van der Waals surface area contributed by atoms with E-state index in [1.165, 1.54) is 36.2 Å². The van der Waals surface area contributed by atoms with Crippen molar-refractivity contribution in [2.75, 3.05) is 37.6 Å². The van der Waals surface area contributed by atoms with Gasteiger partial charge in [-0.05, 0) is 88.5 Å². The molecule has 1 spiro atoms. The van der Waals surface area contributed by atoms with Crippen molar-refractivity contribution in [2.45, 2.75) is 51.9 Å². The van der Waals surface area contributed by atoms with Crippen LogP contribution in [0.1, 0.15) is 59.7 Å². The van der Waals surface area contributed by atoms with E-state index >= 15 is 0 Å². The summed E-state index contributed by atoms with van der Waals surface area (Å²) in [4.78, 5) is 17.7. The number of piperidine rings is 1. The molecule has 29 heavy (non-hydrogen) atoms. The van der Waals surface area contributed by atoms with E-state index in [2.05, 4.69) is 60.9 Å². The van der Waals surface area contributed by atoms with Gasteiger partial charge in [-0.2, -0.15) is 0 Å². The number of aryl methyl sites for hydroxylation is 2. The molecular weight excluding hydrogens is 356 g/mol. The zero-order valence-electron chi connectivity index (χ0n) is 18.2. The van der Waals surface area contributed by atoms with Gasteiger partial charge in [-0.3, -0.25) is 4.79 Å². The molecule has 0 aromatic heterocycles. The van der Waals surface area contributed by atoms with Crippen LogP contribution < -0.4 is 4.90 Å². The average Bonchev–Trinajstić information content (AvgIpc) is 3.05. The quantitative estimate of drug-likeness (QED) is 0.638. The number of fused-ring (bicyclic) bond motifs is 2. The number of benzene rings is 2. The molecule has 2 aromatic rings. The largest absolute Gasteiger partial charge is 0.371 e. The topological polar surface area (TPSA) is 23.6 Å². The van der Waals surface area contributed by atoms with Gasteiger partial charge in [-0.15, -0.1) is 0 Å². The minimum Gasteiger partial charge on any atom is -0.371 e. The maximum absolute atomic E-state index is 12.5. The van der Waals surface area contributed by atoms with E-state index in [9.17, 15) is 4.79 Å². The molecule has 0 bridgehead atoms. The van der Waals surface area contributed by atoms with Gasteiger partial charge in [0.25, 0.3) is 0 Å². The molecule has 3 nitrogen and oxygen atoms in total. The van der Waals surface area contributed by atoms with E-state index in [-0.39, 0.29) is 5.78 Å². The van der Waals surface area contributed by atoms with Crippen molar-refractivity contribution in [3.63, 3.8) is 0 Å². The predicted octanol–water partition coefficient (Wildman–Crippen LogP) is 5.14. The van der Waals surface area contributed by atoms with Crippen LogP contribution in [0.2, 0.25) is 0 Å². The molecule has 2 aromatic carbocycles. The van der Waals surface area contributed by atoms with Crippen LogP contribution in [0.4, 0.5) is 5.69 Å². The van der Waals surface area contributed by atoms with E-state index < -0.39 is 0 Å². The van der Waals surface area contributed by atoms with E-state index in [1.807, 2.05) is 12.1 Å². The number of anilines is 1. The maximum Gasteiger partial charge on any atom is 0.162 e. The van der Waals surface area contributed by atoms with Crippen molar-refractivity contribution in [1.82, 2.24) is 4.90 Å². The molecule has 0 aliphatic carbocycles. The molecule has 0 atom stereocenters. The summed E-state index contributed by atoms with van der Waals surface area (Å²) in [5.41, 5.74) is 6.66. The molecule has 0 radical (unpaired) electrons. The molecule has 4 rings (SSSR count). The number of hydrogen-bond acceptors (Lipinski definition) is 3. The smallest absolute Gasteiger partial charge is 0.162 e. The molecule has 1 fully saturated rings. The van der Waals surface area contributed by atoms with Crippen LogP contribution in [-0.4, -0.2) is 43.4 Å². The van der Waals surface area contributed by atoms with E-state index in [0.29, 0.717) is 11.8 Å². The maximum atomic E-state index is 12.5. The first-order chi connectivity index (χ1) is 14.0. The Hall–Kier alpha value is -2.13. The van der Waals surface area contributed by atoms with Crippen LogP contribution in [-0.2, 0) is 5.41 Å². The molecule has 2 aliphatic heterocycles. The Kier molecular flexibility index (Phi) is 5.78. The first-order valence-electron chi connectivity index (χ1n) is 11.2. The Morgan fingerprint density at radius 2 is 1.79 bits per heavy atom. The van der Waals surface area contributed by atoms with Crippen molar-refractivity contribution in [1.29, 1.82) is 0 Å². The molecule has 0 unspecified atom stereocenters. The van der Waals surface area contributed by atoms with Crippen LogP contribution in [0, 0.1) is 13.8 Å². The molecule has 154 valence electrons. The van der Waals surface area contributed by atoms with Gasteiger partial charge in [0, 0.05) is 36.2 Å². The predicted molar refractivity (Wildman–Crippen MR) is 121 cm³/mol. The molecule has 0 amide bonds. The number of likely N-dealkylation sites (N-methyl/N-ethyl adjacent to an activating group) is 1. The number of hydrogen-bond donors (Lipinski definition) is 0. The second-order valence-corrected chi connectivity index (χ2v) is 8.98. The summed E-state index contributed by atoms with van der Waals surface area (Å²) in [6, 6.07) is 15.1. The highest BCUT2D eigenvalue weighted by atomic mass is 16.1. The Morgan fingerprint density at radius 1 is 1.03 bits per heavy atom. The Morgan fingerprint density at radius 3 is 2.52 bits per heavy atom. The number of ketones is 1. The summed E-state index contributed by atoms with van der Waals surface area (Å²) in [5, 5.41) is 0. The lowest BCUT2D eigenvalue weighted by molar-refractivity contribution is 0.0968. The van der Waals surface area contributed by atoms with Crippen LogP contribution >= 0.6 is 0 Å². The second-order valence-electron chi connectivity index (χ2n) is 8.98. The summed E-state index contributed by atoms with van der Waals surface area (Å²) in [6.07, 6.45) is 4.06. The number of para-hydroxylation sites is 1. The molecule has 3 heteroatoms. The highest BCUT2D eigenvalue weighted by Crippen LogP contribution is 2.46. The van der Waals surface area contributed by atoms with Gasteiger partial charge in [0.05, 0.1) is 0 Å². The first-order valence-corrected chi connectivity index (χ1v) is 11.2. The number of likely N-dealkylation sites (tertiary alicyclic amines) is 1. The summed E-state index contributed by atoms with van der Waals surface area (Å²) in [7, 11) is 0. The van der Waals surface area contributed by atoms with E-state index in [4.69, 9.17) is 0 Å². The van der Waals surface area contributed by atoms with Crippen molar-refractivity contribution in [3.05, 3.63) is 64.7 Å². The molecular formula is C26H34N2O. The first kappa shape index (κ1) is 20.2. The third kappa shape index (κ3) is 3.98. The van der Waals surface area contributed by atoms with Gasteiger partial charge in [0.2, 0.25) is 0 Å². The van der Waals surface area contributed by atoms with Gasteiger partial charge >= 0.3 is 0 Å². The second kappa shape index (κ2) is 8.31. The van der Waals surface area contributed by atoms with E-state index in [0.717, 1.165) is 38.2 Å². The van der Waals surface area contributed by atoms with Crippen molar-refractivity contribution >= 4 is 11.5 Å². The fraction of sp³-hybridized carbons (Fsp3) is 0.500. The molecule has 0 N–H and O–H groups in total. The minimum atomic E-state index is 0.282. The monoisotopic (exact) mass is 390 g/mol. The highest BCUT2D eigenvalue weighted by molar-refractivity contribution is 5.96. The average molecular weight is 391 g/mol. The molecule has 0 saturated carbocycles. The van der Waals surface area contributed by atoms with Crippen LogP contribution in [0.15, 0.2) is 42.5 Å². The fourth-order valence-electron chi connectivity index (χ4n) is 5.17. The number of carbonyl (C=O) groups excluding carboxylic acids is 1. The van der Waals surface area contributed by atoms with E-state index in [1.54, 1.807) is 5.56 Å². The Balaban J connectivity index is 1.30. The summed E-state index contributed by atoms with van der Waals surface area (Å²) in [5.74, 6) is 0.282. The lowest BCUT2D eigenvalue weighted by Gasteiger charge is -2.40. The number of Topliss-reactive ketones (excluding diaryl/α,β-unsaturated/α-hetero) is 1. The summed E-state index contributed by atoms with van der Waals surface area (Å²) < 4.78 is 0. The van der Waals surface area contributed by atoms with Gasteiger partial charge in [0.15, 0.2) is 5.78 Å². The zero-order valence-corrected chi connectivity index (χ0v) is 18.2. The van der Waals surface area contributed by atoms with Gasteiger partial charge in [-0.1, -0.05) is 30.3 Å². The lowest BCUT2D eigenvalue weighted by atomic mass is 9.74. The summed E-state index contributed by atoms with van der Waals surface area (Å²) >= 11 is 0. The highest BCUT2D eigenvalue weighted by Gasteiger charge is 2.43. The minimum absolute atomic E-state index is 0.282.